The highest BCUT2D eigenvalue weighted by Crippen LogP contribution is 2.34. The zero-order chi connectivity index (χ0) is 15.4. The average Bonchev–Trinajstić information content (AvgIpc) is 3.01. The number of ether oxygens (including phenoxy) is 1. The number of thiophene rings is 1. The molecule has 1 aromatic heterocycles. The van der Waals surface area contributed by atoms with E-state index in [0.717, 1.165) is 42.2 Å². The van der Waals surface area contributed by atoms with Crippen molar-refractivity contribution in [3.63, 3.8) is 0 Å². The lowest BCUT2D eigenvalue weighted by Crippen LogP contribution is -2.59. The van der Waals surface area contributed by atoms with Crippen molar-refractivity contribution in [2.24, 2.45) is 0 Å². The van der Waals surface area contributed by atoms with Crippen molar-refractivity contribution in [1.29, 1.82) is 0 Å². The normalized spacial score (nSPS) is 22.4. The molecule has 0 aromatic carbocycles. The summed E-state index contributed by atoms with van der Waals surface area (Å²) in [5, 5.41) is 5.09. The molecule has 1 N–H and O–H groups in total. The van der Waals surface area contributed by atoms with E-state index in [0.29, 0.717) is 0 Å². The predicted octanol–water partition coefficient (Wildman–Crippen LogP) is 3.28. The number of amides is 1. The number of halogens is 1. The van der Waals surface area contributed by atoms with Crippen LogP contribution < -0.4 is 5.32 Å². The first-order valence-corrected chi connectivity index (χ1v) is 9.72. The molecule has 1 aliphatic carbocycles. The SMILES string of the molecule is O=C(NCC1(N2CCOCC2)CCCCC1)c1csc(Br)c1. The Balaban J connectivity index is 1.66. The van der Waals surface area contributed by atoms with E-state index in [1.807, 2.05) is 11.4 Å². The van der Waals surface area contributed by atoms with Crippen LogP contribution in [0, 0.1) is 0 Å². The number of nitrogens with one attached hydrogen (secondary N) is 1. The average molecular weight is 387 g/mol. The smallest absolute Gasteiger partial charge is 0.252 e. The fourth-order valence-corrected chi connectivity index (χ4v) is 4.77. The van der Waals surface area contributed by atoms with Gasteiger partial charge in [-0.3, -0.25) is 9.69 Å². The van der Waals surface area contributed by atoms with Gasteiger partial charge in [-0.1, -0.05) is 19.3 Å². The fourth-order valence-electron chi connectivity index (χ4n) is 3.63. The van der Waals surface area contributed by atoms with E-state index in [-0.39, 0.29) is 11.4 Å². The Morgan fingerprint density at radius 3 is 2.68 bits per heavy atom. The van der Waals surface area contributed by atoms with E-state index >= 15 is 0 Å². The minimum Gasteiger partial charge on any atom is -0.379 e. The molecule has 122 valence electrons. The molecule has 6 heteroatoms. The lowest BCUT2D eigenvalue weighted by atomic mass is 9.79. The van der Waals surface area contributed by atoms with Crippen molar-refractivity contribution in [2.75, 3.05) is 32.8 Å². The number of hydrogen-bond acceptors (Lipinski definition) is 4. The molecular weight excluding hydrogens is 364 g/mol. The molecule has 3 rings (SSSR count). The van der Waals surface area contributed by atoms with Gasteiger partial charge in [0.2, 0.25) is 0 Å². The van der Waals surface area contributed by atoms with E-state index in [2.05, 4.69) is 26.1 Å². The number of hydrogen-bond donors (Lipinski definition) is 1. The molecule has 0 radical (unpaired) electrons. The zero-order valence-electron chi connectivity index (χ0n) is 12.8. The number of carbonyl (C=O) groups is 1. The maximum absolute atomic E-state index is 12.4. The first kappa shape index (κ1) is 16.4. The van der Waals surface area contributed by atoms with Gasteiger partial charge in [0.15, 0.2) is 0 Å². The van der Waals surface area contributed by atoms with Crippen molar-refractivity contribution >= 4 is 33.2 Å². The quantitative estimate of drug-likeness (QED) is 0.862. The monoisotopic (exact) mass is 386 g/mol. The van der Waals surface area contributed by atoms with Crippen LogP contribution in [0.2, 0.25) is 0 Å². The molecule has 2 heterocycles. The van der Waals surface area contributed by atoms with Crippen LogP contribution in [0.4, 0.5) is 0 Å². The van der Waals surface area contributed by atoms with Gasteiger partial charge in [-0.25, -0.2) is 0 Å². The number of rotatable bonds is 4. The lowest BCUT2D eigenvalue weighted by Gasteiger charge is -2.48. The summed E-state index contributed by atoms with van der Waals surface area (Å²) in [6, 6.07) is 1.89. The third kappa shape index (κ3) is 3.72. The van der Waals surface area contributed by atoms with Crippen molar-refractivity contribution in [1.82, 2.24) is 10.2 Å². The summed E-state index contributed by atoms with van der Waals surface area (Å²) >= 11 is 4.97. The highest BCUT2D eigenvalue weighted by atomic mass is 79.9. The van der Waals surface area contributed by atoms with Gasteiger partial charge in [0.05, 0.1) is 22.6 Å². The third-order valence-electron chi connectivity index (χ3n) is 4.87. The number of morpholine rings is 1. The van der Waals surface area contributed by atoms with Crippen LogP contribution in [0.5, 0.6) is 0 Å². The van der Waals surface area contributed by atoms with Crippen molar-refractivity contribution in [3.8, 4) is 0 Å². The van der Waals surface area contributed by atoms with Gasteiger partial charge in [-0.05, 0) is 34.8 Å². The first-order chi connectivity index (χ1) is 10.7. The Labute approximate surface area is 144 Å². The molecule has 2 fully saturated rings. The Hall–Kier alpha value is -0.430. The second-order valence-electron chi connectivity index (χ2n) is 6.21. The summed E-state index contributed by atoms with van der Waals surface area (Å²) in [5.74, 6) is 0.0418. The molecule has 1 saturated heterocycles. The molecule has 1 amide bonds. The molecule has 0 atom stereocenters. The maximum Gasteiger partial charge on any atom is 0.252 e. The van der Waals surface area contributed by atoms with Crippen LogP contribution in [-0.2, 0) is 4.74 Å². The standard InChI is InChI=1S/C16H23BrN2O2S/c17-14-10-13(11-22-14)15(20)18-12-16(4-2-1-3-5-16)19-6-8-21-9-7-19/h10-11H,1-9,12H2,(H,18,20). The van der Waals surface area contributed by atoms with Gasteiger partial charge >= 0.3 is 0 Å². The summed E-state index contributed by atoms with van der Waals surface area (Å²) < 4.78 is 6.50. The minimum absolute atomic E-state index is 0.0418. The highest BCUT2D eigenvalue weighted by molar-refractivity contribution is 9.11. The lowest BCUT2D eigenvalue weighted by molar-refractivity contribution is -0.0361. The third-order valence-corrected chi connectivity index (χ3v) is 6.38. The summed E-state index contributed by atoms with van der Waals surface area (Å²) in [4.78, 5) is 14.9. The summed E-state index contributed by atoms with van der Waals surface area (Å²) in [5.41, 5.74) is 0.884. The second kappa shape index (κ2) is 7.43. The van der Waals surface area contributed by atoms with Gasteiger partial charge in [-0.2, -0.15) is 0 Å². The van der Waals surface area contributed by atoms with Crippen LogP contribution in [-0.4, -0.2) is 49.2 Å². The van der Waals surface area contributed by atoms with Crippen molar-refractivity contribution in [3.05, 3.63) is 20.8 Å². The molecular formula is C16H23BrN2O2S. The molecule has 0 spiro atoms. The highest BCUT2D eigenvalue weighted by Gasteiger charge is 2.38. The Morgan fingerprint density at radius 2 is 2.05 bits per heavy atom. The van der Waals surface area contributed by atoms with Gasteiger partial charge < -0.3 is 10.1 Å². The summed E-state index contributed by atoms with van der Waals surface area (Å²) in [7, 11) is 0. The topological polar surface area (TPSA) is 41.6 Å². The first-order valence-electron chi connectivity index (χ1n) is 8.05. The molecule has 1 aromatic rings. The molecule has 1 saturated carbocycles. The fraction of sp³-hybridized carbons (Fsp3) is 0.688. The number of carbonyl (C=O) groups excluding carboxylic acids is 1. The van der Waals surface area contributed by atoms with E-state index < -0.39 is 0 Å². The van der Waals surface area contributed by atoms with Crippen molar-refractivity contribution in [2.45, 2.75) is 37.6 Å². The van der Waals surface area contributed by atoms with E-state index in [1.165, 1.54) is 32.1 Å². The second-order valence-corrected chi connectivity index (χ2v) is 8.50. The van der Waals surface area contributed by atoms with Crippen molar-refractivity contribution < 1.29 is 9.53 Å². The zero-order valence-corrected chi connectivity index (χ0v) is 15.2. The van der Waals surface area contributed by atoms with E-state index in [1.54, 1.807) is 11.3 Å². The maximum atomic E-state index is 12.4. The Bertz CT molecular complexity index is 508. The Kier molecular flexibility index (Phi) is 5.55. The number of nitrogens with zero attached hydrogens (tertiary/aromatic N) is 1. The molecule has 0 bridgehead atoms. The van der Waals surface area contributed by atoms with Crippen LogP contribution >= 0.6 is 27.3 Å². The Morgan fingerprint density at radius 1 is 1.32 bits per heavy atom. The summed E-state index contributed by atoms with van der Waals surface area (Å²) in [6.45, 7) is 4.35. The minimum atomic E-state index is 0.0418. The molecule has 0 unspecified atom stereocenters. The van der Waals surface area contributed by atoms with Gasteiger partial charge in [0, 0.05) is 30.6 Å². The van der Waals surface area contributed by atoms with Crippen LogP contribution in [0.15, 0.2) is 15.2 Å². The van der Waals surface area contributed by atoms with Gasteiger partial charge in [0.1, 0.15) is 0 Å². The summed E-state index contributed by atoms with van der Waals surface area (Å²) in [6.07, 6.45) is 6.20. The van der Waals surface area contributed by atoms with Crippen LogP contribution in [0.1, 0.15) is 42.5 Å². The van der Waals surface area contributed by atoms with Crippen LogP contribution in [0.3, 0.4) is 0 Å². The molecule has 22 heavy (non-hydrogen) atoms. The van der Waals surface area contributed by atoms with Crippen LogP contribution in [0.25, 0.3) is 0 Å². The van der Waals surface area contributed by atoms with E-state index in [9.17, 15) is 4.79 Å². The van der Waals surface area contributed by atoms with E-state index in [4.69, 9.17) is 4.74 Å². The predicted molar refractivity (Wildman–Crippen MR) is 92.6 cm³/mol. The van der Waals surface area contributed by atoms with Gasteiger partial charge in [0.25, 0.3) is 5.91 Å². The molecule has 2 aliphatic rings. The molecule has 1 aliphatic heterocycles. The van der Waals surface area contributed by atoms with Gasteiger partial charge in [-0.15, -0.1) is 11.3 Å². The largest absolute Gasteiger partial charge is 0.379 e. The molecule has 4 nitrogen and oxygen atoms in total.